The summed E-state index contributed by atoms with van der Waals surface area (Å²) >= 11 is 1.65. The van der Waals surface area contributed by atoms with E-state index in [1.165, 1.54) is 0 Å². The predicted molar refractivity (Wildman–Crippen MR) is 114 cm³/mol. The SMILES string of the molecule is O=C(NC(c1ccc2c(c1)OCCO2)C1CC1)N(Cc1ccco1)Cc1cccs1. The van der Waals surface area contributed by atoms with Crippen molar-refractivity contribution in [2.24, 2.45) is 5.92 Å². The fourth-order valence-electron chi connectivity index (χ4n) is 3.76. The van der Waals surface area contributed by atoms with Crippen LogP contribution in [-0.4, -0.2) is 24.1 Å². The van der Waals surface area contributed by atoms with Gasteiger partial charge in [0, 0.05) is 4.88 Å². The normalized spacial score (nSPS) is 16.1. The summed E-state index contributed by atoms with van der Waals surface area (Å²) in [5.41, 5.74) is 1.06. The van der Waals surface area contributed by atoms with Crippen molar-refractivity contribution < 1.29 is 18.7 Å². The molecule has 1 aromatic carbocycles. The third-order valence-electron chi connectivity index (χ3n) is 5.44. The van der Waals surface area contributed by atoms with Crippen LogP contribution in [0.5, 0.6) is 11.5 Å². The van der Waals surface area contributed by atoms with Crippen LogP contribution in [0.4, 0.5) is 4.79 Å². The molecule has 2 aromatic heterocycles. The topological polar surface area (TPSA) is 63.9 Å². The van der Waals surface area contributed by atoms with Gasteiger partial charge in [-0.15, -0.1) is 11.3 Å². The lowest BCUT2D eigenvalue weighted by Gasteiger charge is -2.27. The molecule has 1 aliphatic heterocycles. The third kappa shape index (κ3) is 4.31. The molecule has 156 valence electrons. The largest absolute Gasteiger partial charge is 0.486 e. The molecule has 0 radical (unpaired) electrons. The monoisotopic (exact) mass is 424 g/mol. The molecule has 3 aromatic rings. The average molecular weight is 425 g/mol. The van der Waals surface area contributed by atoms with E-state index in [0.717, 1.165) is 40.5 Å². The lowest BCUT2D eigenvalue weighted by Crippen LogP contribution is -2.41. The van der Waals surface area contributed by atoms with Gasteiger partial charge in [0.25, 0.3) is 0 Å². The van der Waals surface area contributed by atoms with Gasteiger partial charge < -0.3 is 24.1 Å². The number of amides is 2. The number of furan rings is 1. The quantitative estimate of drug-likeness (QED) is 0.581. The molecule has 0 bridgehead atoms. The number of thiophene rings is 1. The zero-order valence-electron chi connectivity index (χ0n) is 16.6. The molecule has 1 aliphatic carbocycles. The van der Waals surface area contributed by atoms with Crippen molar-refractivity contribution in [2.75, 3.05) is 13.2 Å². The zero-order valence-corrected chi connectivity index (χ0v) is 17.4. The standard InChI is InChI=1S/C23H24N2O4S/c26-23(25(14-18-3-1-9-27-18)15-19-4-2-12-30-19)24-22(16-5-6-16)17-7-8-20-21(13-17)29-11-10-28-20/h1-4,7-9,12-13,16,22H,5-6,10-11,14-15H2,(H,24,26). The molecule has 0 spiro atoms. The fourth-order valence-corrected chi connectivity index (χ4v) is 4.48. The number of nitrogens with one attached hydrogen (secondary N) is 1. The molecule has 1 fully saturated rings. The molecule has 7 heteroatoms. The molecule has 30 heavy (non-hydrogen) atoms. The van der Waals surface area contributed by atoms with Crippen LogP contribution in [0.2, 0.25) is 0 Å². The minimum Gasteiger partial charge on any atom is -0.486 e. The molecule has 5 rings (SSSR count). The molecule has 3 heterocycles. The minimum atomic E-state index is -0.0911. The molecule has 1 atom stereocenters. The second-order valence-electron chi connectivity index (χ2n) is 7.68. The number of nitrogens with zero attached hydrogens (tertiary/aromatic N) is 1. The lowest BCUT2D eigenvalue weighted by atomic mass is 10.0. The minimum absolute atomic E-state index is 0.0456. The van der Waals surface area contributed by atoms with Crippen LogP contribution >= 0.6 is 11.3 Å². The summed E-state index contributed by atoms with van der Waals surface area (Å²) in [5, 5.41) is 5.31. The van der Waals surface area contributed by atoms with Crippen LogP contribution in [0, 0.1) is 5.92 Å². The molecule has 2 amide bonds. The second-order valence-corrected chi connectivity index (χ2v) is 8.71. The highest BCUT2D eigenvalue weighted by molar-refractivity contribution is 7.09. The molecule has 1 N–H and O–H groups in total. The third-order valence-corrected chi connectivity index (χ3v) is 6.30. The average Bonchev–Trinajstić information content (AvgIpc) is 3.23. The first-order valence-electron chi connectivity index (χ1n) is 10.3. The number of carbonyl (C=O) groups is 1. The van der Waals surface area contributed by atoms with Crippen LogP contribution in [0.1, 0.15) is 35.1 Å². The molecular formula is C23H24N2O4S. The van der Waals surface area contributed by atoms with E-state index in [4.69, 9.17) is 13.9 Å². The van der Waals surface area contributed by atoms with Gasteiger partial charge in [-0.1, -0.05) is 12.1 Å². The number of urea groups is 1. The van der Waals surface area contributed by atoms with Crippen molar-refractivity contribution in [3.63, 3.8) is 0 Å². The predicted octanol–water partition coefficient (Wildman–Crippen LogP) is 4.98. The van der Waals surface area contributed by atoms with E-state index >= 15 is 0 Å². The van der Waals surface area contributed by atoms with Crippen LogP contribution < -0.4 is 14.8 Å². The van der Waals surface area contributed by atoms with Crippen LogP contribution in [0.25, 0.3) is 0 Å². The van der Waals surface area contributed by atoms with Crippen molar-refractivity contribution in [1.29, 1.82) is 0 Å². The Morgan fingerprint density at radius 1 is 1.10 bits per heavy atom. The van der Waals surface area contributed by atoms with E-state index in [-0.39, 0.29) is 12.1 Å². The molecule has 6 nitrogen and oxygen atoms in total. The number of hydrogen-bond acceptors (Lipinski definition) is 5. The summed E-state index contributed by atoms with van der Waals surface area (Å²) in [6, 6.07) is 13.6. The Balaban J connectivity index is 1.35. The summed E-state index contributed by atoms with van der Waals surface area (Å²) < 4.78 is 16.9. The van der Waals surface area contributed by atoms with E-state index in [1.54, 1.807) is 22.5 Å². The number of carbonyl (C=O) groups excluding carboxylic acids is 1. The maximum absolute atomic E-state index is 13.3. The summed E-state index contributed by atoms with van der Waals surface area (Å²) in [6.07, 6.45) is 3.86. The number of hydrogen-bond donors (Lipinski definition) is 1. The first-order chi connectivity index (χ1) is 14.8. The zero-order chi connectivity index (χ0) is 20.3. The van der Waals surface area contributed by atoms with Gasteiger partial charge in [-0.25, -0.2) is 4.79 Å². The maximum Gasteiger partial charge on any atom is 0.318 e. The van der Waals surface area contributed by atoms with Gasteiger partial charge in [-0.3, -0.25) is 0 Å². The van der Waals surface area contributed by atoms with Gasteiger partial charge >= 0.3 is 6.03 Å². The molecule has 2 aliphatic rings. The Labute approximate surface area is 179 Å². The first-order valence-corrected chi connectivity index (χ1v) is 11.1. The van der Waals surface area contributed by atoms with Crippen LogP contribution in [-0.2, 0) is 13.1 Å². The van der Waals surface area contributed by atoms with E-state index in [0.29, 0.717) is 32.2 Å². The van der Waals surface area contributed by atoms with Gasteiger partial charge in [-0.05, 0) is 60.0 Å². The fraction of sp³-hybridized carbons (Fsp3) is 0.348. The summed E-state index contributed by atoms with van der Waals surface area (Å²) in [6.45, 7) is 2.09. The summed E-state index contributed by atoms with van der Waals surface area (Å²) in [7, 11) is 0. The van der Waals surface area contributed by atoms with E-state index in [1.807, 2.05) is 47.8 Å². The van der Waals surface area contributed by atoms with Gasteiger partial charge in [-0.2, -0.15) is 0 Å². The van der Waals surface area contributed by atoms with Crippen molar-refractivity contribution in [3.05, 3.63) is 70.3 Å². The Kier molecular flexibility index (Phi) is 5.36. The molecule has 1 saturated carbocycles. The van der Waals surface area contributed by atoms with E-state index in [2.05, 4.69) is 5.32 Å². The highest BCUT2D eigenvalue weighted by atomic mass is 32.1. The Bertz CT molecular complexity index is 947. The van der Waals surface area contributed by atoms with Gasteiger partial charge in [0.05, 0.1) is 25.4 Å². The Morgan fingerprint density at radius 3 is 2.70 bits per heavy atom. The van der Waals surface area contributed by atoms with Crippen molar-refractivity contribution in [1.82, 2.24) is 10.2 Å². The highest BCUT2D eigenvalue weighted by Gasteiger charge is 2.35. The van der Waals surface area contributed by atoms with Gasteiger partial charge in [0.1, 0.15) is 19.0 Å². The van der Waals surface area contributed by atoms with Crippen molar-refractivity contribution in [2.45, 2.75) is 32.0 Å². The van der Waals surface area contributed by atoms with E-state index < -0.39 is 0 Å². The Hall–Kier alpha value is -2.93. The number of fused-ring (bicyclic) bond motifs is 1. The second kappa shape index (κ2) is 8.44. The summed E-state index contributed by atoms with van der Waals surface area (Å²) in [5.74, 6) is 2.74. The maximum atomic E-state index is 13.3. The molecule has 1 unspecified atom stereocenters. The number of ether oxygens (including phenoxy) is 2. The Morgan fingerprint density at radius 2 is 1.97 bits per heavy atom. The molecule has 0 saturated heterocycles. The number of benzene rings is 1. The van der Waals surface area contributed by atoms with Crippen molar-refractivity contribution >= 4 is 17.4 Å². The summed E-state index contributed by atoms with van der Waals surface area (Å²) in [4.78, 5) is 16.3. The van der Waals surface area contributed by atoms with Gasteiger partial charge in [0.15, 0.2) is 11.5 Å². The molecular weight excluding hydrogens is 400 g/mol. The van der Waals surface area contributed by atoms with Crippen LogP contribution in [0.3, 0.4) is 0 Å². The van der Waals surface area contributed by atoms with Crippen LogP contribution in [0.15, 0.2) is 58.5 Å². The lowest BCUT2D eigenvalue weighted by molar-refractivity contribution is 0.171. The first kappa shape index (κ1) is 19.1. The highest BCUT2D eigenvalue weighted by Crippen LogP contribution is 2.43. The van der Waals surface area contributed by atoms with E-state index in [9.17, 15) is 4.79 Å². The smallest absolute Gasteiger partial charge is 0.318 e. The number of rotatable bonds is 7. The van der Waals surface area contributed by atoms with Crippen molar-refractivity contribution in [3.8, 4) is 11.5 Å². The van der Waals surface area contributed by atoms with Gasteiger partial charge in [0.2, 0.25) is 0 Å².